The summed E-state index contributed by atoms with van der Waals surface area (Å²) in [5, 5.41) is 4.06. The van der Waals surface area contributed by atoms with Crippen LogP contribution in [0.25, 0.3) is 0 Å². The normalized spacial score (nSPS) is 23.9. The molecule has 0 bridgehead atoms. The predicted octanol–water partition coefficient (Wildman–Crippen LogP) is 1.30. The van der Waals surface area contributed by atoms with Crippen molar-refractivity contribution in [1.29, 1.82) is 0 Å². The van der Waals surface area contributed by atoms with Gasteiger partial charge >= 0.3 is 0 Å². The van der Waals surface area contributed by atoms with E-state index in [1.54, 1.807) is 0 Å². The molecule has 0 heterocycles. The number of nitrogens with zero attached hydrogens (tertiary/aromatic N) is 1. The Morgan fingerprint density at radius 1 is 1.25 bits per heavy atom. The number of carbonyl (C=O) groups is 1. The van der Waals surface area contributed by atoms with Gasteiger partial charge in [0.2, 0.25) is 5.91 Å². The monoisotopic (exact) mass is 166 g/mol. The molecule has 0 saturated heterocycles. The number of carbonyl (C=O) groups excluding carboxylic acids is 1. The summed E-state index contributed by atoms with van der Waals surface area (Å²) in [6.07, 6.45) is 4.58. The first kappa shape index (κ1) is 7.77. The molecule has 3 heteroatoms. The molecular weight excluding hydrogens is 152 g/mol. The maximum absolute atomic E-state index is 11.1. The van der Waals surface area contributed by atoms with E-state index in [2.05, 4.69) is 10.5 Å². The first-order chi connectivity index (χ1) is 5.77. The zero-order valence-electron chi connectivity index (χ0n) is 7.34. The fourth-order valence-corrected chi connectivity index (χ4v) is 1.17. The van der Waals surface area contributed by atoms with Crippen molar-refractivity contribution in [2.24, 2.45) is 16.9 Å². The minimum Gasteiger partial charge on any atom is -0.273 e. The zero-order valence-corrected chi connectivity index (χ0v) is 7.34. The van der Waals surface area contributed by atoms with Gasteiger partial charge in [-0.05, 0) is 38.5 Å². The zero-order chi connectivity index (χ0) is 8.55. The van der Waals surface area contributed by atoms with E-state index in [4.69, 9.17) is 0 Å². The summed E-state index contributed by atoms with van der Waals surface area (Å²) >= 11 is 0. The minimum atomic E-state index is 0.106. The van der Waals surface area contributed by atoms with Gasteiger partial charge in [-0.3, -0.25) is 4.79 Å². The van der Waals surface area contributed by atoms with Crippen molar-refractivity contribution >= 4 is 11.6 Å². The molecule has 2 rings (SSSR count). The third-order valence-electron chi connectivity index (χ3n) is 2.46. The van der Waals surface area contributed by atoms with Crippen LogP contribution in [0, 0.1) is 11.8 Å². The first-order valence-corrected chi connectivity index (χ1v) is 4.61. The molecule has 0 aromatic heterocycles. The average Bonchev–Trinajstić information content (AvgIpc) is 2.91. The summed E-state index contributed by atoms with van der Waals surface area (Å²) in [6, 6.07) is 0. The minimum absolute atomic E-state index is 0.106. The number of amides is 1. The standard InChI is InChI=1S/C9H14N2O/c1-6(7-2-3-7)10-11-9(12)8-4-5-8/h7-8H,2-5H2,1H3,(H,11,12). The summed E-state index contributed by atoms with van der Waals surface area (Å²) in [5.74, 6) is 1.03. The fourth-order valence-electron chi connectivity index (χ4n) is 1.17. The van der Waals surface area contributed by atoms with E-state index in [1.165, 1.54) is 12.8 Å². The van der Waals surface area contributed by atoms with Crippen molar-refractivity contribution in [3.05, 3.63) is 0 Å². The van der Waals surface area contributed by atoms with Crippen LogP contribution in [0.4, 0.5) is 0 Å². The predicted molar refractivity (Wildman–Crippen MR) is 46.7 cm³/mol. The molecule has 0 aliphatic heterocycles. The van der Waals surface area contributed by atoms with Crippen molar-refractivity contribution in [2.75, 3.05) is 0 Å². The molecule has 1 amide bonds. The lowest BCUT2D eigenvalue weighted by molar-refractivity contribution is -0.122. The molecule has 0 spiro atoms. The average molecular weight is 166 g/mol. The number of hydrazone groups is 1. The van der Waals surface area contributed by atoms with Crippen molar-refractivity contribution in [3.8, 4) is 0 Å². The second-order valence-electron chi connectivity index (χ2n) is 3.78. The molecule has 3 nitrogen and oxygen atoms in total. The maximum atomic E-state index is 11.1. The lowest BCUT2D eigenvalue weighted by Gasteiger charge is -1.98. The first-order valence-electron chi connectivity index (χ1n) is 4.61. The van der Waals surface area contributed by atoms with Crippen molar-refractivity contribution < 1.29 is 4.79 Å². The summed E-state index contributed by atoms with van der Waals surface area (Å²) in [4.78, 5) is 11.1. The Morgan fingerprint density at radius 3 is 2.33 bits per heavy atom. The van der Waals surface area contributed by atoms with Gasteiger partial charge in [0, 0.05) is 11.6 Å². The van der Waals surface area contributed by atoms with Gasteiger partial charge in [-0.2, -0.15) is 5.10 Å². The molecule has 1 N–H and O–H groups in total. The quantitative estimate of drug-likeness (QED) is 0.498. The molecular formula is C9H14N2O. The van der Waals surface area contributed by atoms with Crippen LogP contribution in [-0.2, 0) is 4.79 Å². The van der Waals surface area contributed by atoms with Gasteiger partial charge in [-0.15, -0.1) is 0 Å². The van der Waals surface area contributed by atoms with Gasteiger partial charge in [0.1, 0.15) is 0 Å². The highest BCUT2D eigenvalue weighted by molar-refractivity contribution is 5.88. The Bertz CT molecular complexity index is 227. The van der Waals surface area contributed by atoms with E-state index in [0.29, 0.717) is 5.92 Å². The van der Waals surface area contributed by atoms with Crippen molar-refractivity contribution in [3.63, 3.8) is 0 Å². The Morgan fingerprint density at radius 2 is 1.83 bits per heavy atom. The van der Waals surface area contributed by atoms with Gasteiger partial charge < -0.3 is 0 Å². The van der Waals surface area contributed by atoms with Gasteiger partial charge in [-0.25, -0.2) is 5.43 Å². The van der Waals surface area contributed by atoms with Crippen LogP contribution in [0.2, 0.25) is 0 Å². The van der Waals surface area contributed by atoms with Crippen molar-refractivity contribution in [1.82, 2.24) is 5.43 Å². The number of hydrogen-bond donors (Lipinski definition) is 1. The summed E-state index contributed by atoms with van der Waals surface area (Å²) in [7, 11) is 0. The highest BCUT2D eigenvalue weighted by Crippen LogP contribution is 2.31. The van der Waals surface area contributed by atoms with Crippen molar-refractivity contribution in [2.45, 2.75) is 32.6 Å². The van der Waals surface area contributed by atoms with Crippen LogP contribution >= 0.6 is 0 Å². The molecule has 0 atom stereocenters. The highest BCUT2D eigenvalue weighted by Gasteiger charge is 2.30. The topological polar surface area (TPSA) is 41.5 Å². The van der Waals surface area contributed by atoms with E-state index in [1.807, 2.05) is 6.92 Å². The van der Waals surface area contributed by atoms with Gasteiger partial charge in [0.15, 0.2) is 0 Å². The smallest absolute Gasteiger partial charge is 0.243 e. The Balaban J connectivity index is 1.78. The van der Waals surface area contributed by atoms with E-state index in [-0.39, 0.29) is 11.8 Å². The molecule has 2 saturated carbocycles. The fraction of sp³-hybridized carbons (Fsp3) is 0.778. The van der Waals surface area contributed by atoms with Crippen LogP contribution in [-0.4, -0.2) is 11.6 Å². The number of nitrogens with one attached hydrogen (secondary N) is 1. The summed E-state index contributed by atoms with van der Waals surface area (Å²) < 4.78 is 0. The molecule has 2 aliphatic carbocycles. The van der Waals surface area contributed by atoms with E-state index in [0.717, 1.165) is 18.6 Å². The van der Waals surface area contributed by atoms with Gasteiger partial charge in [0.25, 0.3) is 0 Å². The molecule has 0 aromatic carbocycles. The summed E-state index contributed by atoms with van der Waals surface area (Å²) in [5.41, 5.74) is 3.70. The van der Waals surface area contributed by atoms with Crippen LogP contribution in [0.5, 0.6) is 0 Å². The SMILES string of the molecule is CC(=NNC(=O)C1CC1)C1CC1. The maximum Gasteiger partial charge on any atom is 0.243 e. The molecule has 0 aromatic rings. The number of hydrogen-bond acceptors (Lipinski definition) is 2. The lowest BCUT2D eigenvalue weighted by atomic mass is 10.3. The molecule has 2 fully saturated rings. The molecule has 2 aliphatic rings. The molecule has 12 heavy (non-hydrogen) atoms. The van der Waals surface area contributed by atoms with Gasteiger partial charge in [0.05, 0.1) is 0 Å². The van der Waals surface area contributed by atoms with Crippen LogP contribution in [0.3, 0.4) is 0 Å². The Hall–Kier alpha value is -0.860. The van der Waals surface area contributed by atoms with E-state index < -0.39 is 0 Å². The summed E-state index contributed by atoms with van der Waals surface area (Å²) in [6.45, 7) is 1.99. The Labute approximate surface area is 72.2 Å². The molecule has 0 radical (unpaired) electrons. The largest absolute Gasteiger partial charge is 0.273 e. The third kappa shape index (κ3) is 1.84. The number of rotatable bonds is 3. The highest BCUT2D eigenvalue weighted by atomic mass is 16.2. The Kier molecular flexibility index (Phi) is 1.87. The van der Waals surface area contributed by atoms with E-state index in [9.17, 15) is 4.79 Å². The van der Waals surface area contributed by atoms with Crippen LogP contribution in [0.15, 0.2) is 5.10 Å². The van der Waals surface area contributed by atoms with Gasteiger partial charge in [-0.1, -0.05) is 0 Å². The van der Waals surface area contributed by atoms with Crippen LogP contribution < -0.4 is 5.43 Å². The molecule has 66 valence electrons. The second kappa shape index (κ2) is 2.88. The second-order valence-corrected chi connectivity index (χ2v) is 3.78. The van der Waals surface area contributed by atoms with Crippen LogP contribution in [0.1, 0.15) is 32.6 Å². The van der Waals surface area contributed by atoms with E-state index >= 15 is 0 Å². The molecule has 0 unspecified atom stereocenters. The lowest BCUT2D eigenvalue weighted by Crippen LogP contribution is -2.20. The third-order valence-corrected chi connectivity index (χ3v) is 2.46.